The summed E-state index contributed by atoms with van der Waals surface area (Å²) in [7, 11) is 3.22. The van der Waals surface area contributed by atoms with Gasteiger partial charge in [-0.05, 0) is 12.5 Å². The zero-order chi connectivity index (χ0) is 15.0. The van der Waals surface area contributed by atoms with E-state index in [1.54, 1.807) is 14.2 Å². The Balaban J connectivity index is 2.40. The van der Waals surface area contributed by atoms with E-state index in [0.29, 0.717) is 19.5 Å². The zero-order valence-electron chi connectivity index (χ0n) is 11.8. The van der Waals surface area contributed by atoms with Crippen LogP contribution in [0.25, 0.3) is 0 Å². The summed E-state index contributed by atoms with van der Waals surface area (Å²) < 4.78 is 5.20. The van der Waals surface area contributed by atoms with E-state index in [4.69, 9.17) is 9.84 Å². The van der Waals surface area contributed by atoms with Crippen molar-refractivity contribution < 1.29 is 19.4 Å². The molecule has 0 unspecified atom stereocenters. The fourth-order valence-corrected chi connectivity index (χ4v) is 1.72. The van der Waals surface area contributed by atoms with Crippen molar-refractivity contribution in [3.05, 3.63) is 29.8 Å². The minimum Gasteiger partial charge on any atom is -0.496 e. The number of hydrogen-bond acceptors (Lipinski definition) is 3. The largest absolute Gasteiger partial charge is 0.496 e. The summed E-state index contributed by atoms with van der Waals surface area (Å²) in [5.74, 6) is -0.130. The van der Waals surface area contributed by atoms with Crippen molar-refractivity contribution in [3.63, 3.8) is 0 Å². The van der Waals surface area contributed by atoms with Gasteiger partial charge in [-0.25, -0.2) is 4.79 Å². The van der Waals surface area contributed by atoms with Crippen LogP contribution in [-0.2, 0) is 11.3 Å². The molecule has 2 amide bonds. The predicted octanol–water partition coefficient (Wildman–Crippen LogP) is 1.70. The number of methoxy groups -OCH3 is 1. The van der Waals surface area contributed by atoms with Gasteiger partial charge in [0.1, 0.15) is 5.75 Å². The molecule has 0 aliphatic rings. The van der Waals surface area contributed by atoms with Crippen LogP contribution >= 0.6 is 0 Å². The number of carboxylic acid groups (broad SMARTS) is 1. The number of para-hydroxylation sites is 1. The molecule has 0 atom stereocenters. The molecule has 0 bridgehead atoms. The molecule has 0 aliphatic heterocycles. The second-order valence-corrected chi connectivity index (χ2v) is 4.39. The molecular formula is C14H20N2O4. The summed E-state index contributed by atoms with van der Waals surface area (Å²) in [5.41, 5.74) is 0.891. The summed E-state index contributed by atoms with van der Waals surface area (Å²) in [6, 6.07) is 7.21. The minimum atomic E-state index is -0.854. The van der Waals surface area contributed by atoms with Gasteiger partial charge in [-0.1, -0.05) is 18.2 Å². The molecule has 0 heterocycles. The molecule has 0 aromatic heterocycles. The molecule has 110 valence electrons. The van der Waals surface area contributed by atoms with Crippen molar-refractivity contribution in [3.8, 4) is 5.75 Å². The minimum absolute atomic E-state index is 0.0597. The highest BCUT2D eigenvalue weighted by Gasteiger charge is 2.09. The monoisotopic (exact) mass is 280 g/mol. The SMILES string of the molecule is COc1ccccc1CNC(=O)N(C)CCCC(=O)O. The third-order valence-electron chi connectivity index (χ3n) is 2.85. The van der Waals surface area contributed by atoms with E-state index < -0.39 is 5.97 Å². The molecular weight excluding hydrogens is 260 g/mol. The number of benzene rings is 1. The van der Waals surface area contributed by atoms with Gasteiger partial charge in [0.15, 0.2) is 0 Å². The van der Waals surface area contributed by atoms with Crippen molar-refractivity contribution in [1.29, 1.82) is 0 Å². The van der Waals surface area contributed by atoms with Crippen LogP contribution in [-0.4, -0.2) is 42.7 Å². The van der Waals surface area contributed by atoms with E-state index in [-0.39, 0.29) is 12.5 Å². The van der Waals surface area contributed by atoms with Gasteiger partial charge >= 0.3 is 12.0 Å². The van der Waals surface area contributed by atoms with Crippen LogP contribution in [0.2, 0.25) is 0 Å². The summed E-state index contributed by atoms with van der Waals surface area (Å²) in [6.45, 7) is 0.774. The van der Waals surface area contributed by atoms with Crippen molar-refractivity contribution in [2.24, 2.45) is 0 Å². The Bertz CT molecular complexity index is 462. The van der Waals surface area contributed by atoms with Crippen molar-refractivity contribution in [2.45, 2.75) is 19.4 Å². The first kappa shape index (κ1) is 15.8. The number of nitrogens with one attached hydrogen (secondary N) is 1. The van der Waals surface area contributed by atoms with Crippen LogP contribution in [0.1, 0.15) is 18.4 Å². The maximum absolute atomic E-state index is 11.8. The lowest BCUT2D eigenvalue weighted by molar-refractivity contribution is -0.137. The maximum Gasteiger partial charge on any atom is 0.317 e. The summed E-state index contributed by atoms with van der Waals surface area (Å²) in [4.78, 5) is 23.7. The molecule has 0 spiro atoms. The smallest absolute Gasteiger partial charge is 0.317 e. The molecule has 1 aromatic carbocycles. The summed E-state index contributed by atoms with van der Waals surface area (Å²) in [5, 5.41) is 11.3. The second-order valence-electron chi connectivity index (χ2n) is 4.39. The molecule has 0 saturated carbocycles. The van der Waals surface area contributed by atoms with E-state index in [1.807, 2.05) is 24.3 Å². The van der Waals surface area contributed by atoms with Crippen LogP contribution in [0.3, 0.4) is 0 Å². The topological polar surface area (TPSA) is 78.9 Å². The third kappa shape index (κ3) is 5.17. The fourth-order valence-electron chi connectivity index (χ4n) is 1.72. The van der Waals surface area contributed by atoms with Gasteiger partial charge in [0, 0.05) is 32.1 Å². The van der Waals surface area contributed by atoms with Gasteiger partial charge in [-0.15, -0.1) is 0 Å². The molecule has 20 heavy (non-hydrogen) atoms. The first-order valence-electron chi connectivity index (χ1n) is 6.37. The van der Waals surface area contributed by atoms with Gasteiger partial charge in [-0.3, -0.25) is 4.79 Å². The average Bonchev–Trinajstić information content (AvgIpc) is 2.44. The first-order valence-corrected chi connectivity index (χ1v) is 6.37. The highest BCUT2D eigenvalue weighted by atomic mass is 16.5. The predicted molar refractivity (Wildman–Crippen MR) is 74.7 cm³/mol. The van der Waals surface area contributed by atoms with Crippen molar-refractivity contribution in [2.75, 3.05) is 20.7 Å². The van der Waals surface area contributed by atoms with Crippen LogP contribution in [0.5, 0.6) is 5.75 Å². The van der Waals surface area contributed by atoms with E-state index in [9.17, 15) is 9.59 Å². The van der Waals surface area contributed by atoms with Crippen LogP contribution < -0.4 is 10.1 Å². The average molecular weight is 280 g/mol. The van der Waals surface area contributed by atoms with E-state index in [2.05, 4.69) is 5.32 Å². The normalized spacial score (nSPS) is 9.90. The van der Waals surface area contributed by atoms with Crippen LogP contribution in [0, 0.1) is 0 Å². The van der Waals surface area contributed by atoms with Gasteiger partial charge in [-0.2, -0.15) is 0 Å². The Morgan fingerprint density at radius 1 is 1.35 bits per heavy atom. The highest BCUT2D eigenvalue weighted by molar-refractivity contribution is 5.74. The number of hydrogen-bond donors (Lipinski definition) is 2. The molecule has 0 fully saturated rings. The quantitative estimate of drug-likeness (QED) is 0.796. The third-order valence-corrected chi connectivity index (χ3v) is 2.85. The van der Waals surface area contributed by atoms with E-state index in [0.717, 1.165) is 11.3 Å². The number of nitrogens with zero attached hydrogens (tertiary/aromatic N) is 1. The number of carbonyl (C=O) groups excluding carboxylic acids is 1. The Hall–Kier alpha value is -2.24. The lowest BCUT2D eigenvalue weighted by atomic mass is 10.2. The Labute approximate surface area is 118 Å². The van der Waals surface area contributed by atoms with Crippen LogP contribution in [0.4, 0.5) is 4.79 Å². The molecule has 2 N–H and O–H groups in total. The fraction of sp³-hybridized carbons (Fsp3) is 0.429. The number of rotatable bonds is 7. The number of ether oxygens (including phenoxy) is 1. The summed E-state index contributed by atoms with van der Waals surface area (Å²) in [6.07, 6.45) is 0.498. The van der Waals surface area contributed by atoms with E-state index in [1.165, 1.54) is 4.90 Å². The van der Waals surface area contributed by atoms with Crippen molar-refractivity contribution in [1.82, 2.24) is 10.2 Å². The molecule has 0 aliphatic carbocycles. The molecule has 0 radical (unpaired) electrons. The summed E-state index contributed by atoms with van der Waals surface area (Å²) >= 11 is 0. The van der Waals surface area contributed by atoms with E-state index >= 15 is 0 Å². The lowest BCUT2D eigenvalue weighted by Crippen LogP contribution is -2.37. The molecule has 1 aromatic rings. The molecule has 6 heteroatoms. The van der Waals surface area contributed by atoms with Gasteiger partial charge < -0.3 is 20.1 Å². The van der Waals surface area contributed by atoms with Gasteiger partial charge in [0.05, 0.1) is 7.11 Å². The molecule has 6 nitrogen and oxygen atoms in total. The zero-order valence-corrected chi connectivity index (χ0v) is 11.8. The molecule has 1 rings (SSSR count). The number of urea groups is 1. The Morgan fingerprint density at radius 2 is 2.05 bits per heavy atom. The number of carboxylic acids is 1. The Kier molecular flexibility index (Phi) is 6.36. The second kappa shape index (κ2) is 8.04. The molecule has 0 saturated heterocycles. The highest BCUT2D eigenvalue weighted by Crippen LogP contribution is 2.16. The first-order chi connectivity index (χ1) is 9.54. The van der Waals surface area contributed by atoms with Gasteiger partial charge in [0.2, 0.25) is 0 Å². The lowest BCUT2D eigenvalue weighted by Gasteiger charge is -2.18. The Morgan fingerprint density at radius 3 is 2.70 bits per heavy atom. The maximum atomic E-state index is 11.8. The van der Waals surface area contributed by atoms with Crippen molar-refractivity contribution >= 4 is 12.0 Å². The number of aliphatic carboxylic acids is 1. The number of carbonyl (C=O) groups is 2. The standard InChI is InChI=1S/C14H20N2O4/c1-16(9-5-8-13(17)18)14(19)15-10-11-6-3-4-7-12(11)20-2/h3-4,6-7H,5,8-10H2,1-2H3,(H,15,19)(H,17,18). The number of amides is 2. The van der Waals surface area contributed by atoms with Gasteiger partial charge in [0.25, 0.3) is 0 Å². The van der Waals surface area contributed by atoms with Crippen LogP contribution in [0.15, 0.2) is 24.3 Å².